The summed E-state index contributed by atoms with van der Waals surface area (Å²) in [5.41, 5.74) is 1.09. The maximum atomic E-state index is 12.9. The van der Waals surface area contributed by atoms with Gasteiger partial charge < -0.3 is 0 Å². The van der Waals surface area contributed by atoms with Crippen LogP contribution in [0.3, 0.4) is 0 Å². The fourth-order valence-electron chi connectivity index (χ4n) is 3.73. The zero-order valence-corrected chi connectivity index (χ0v) is 16.6. The van der Waals surface area contributed by atoms with E-state index in [0.717, 1.165) is 9.80 Å². The second-order valence-electron chi connectivity index (χ2n) is 6.74. The molecule has 8 heteroatoms. The van der Waals surface area contributed by atoms with Gasteiger partial charge in [0.15, 0.2) is 0 Å². The van der Waals surface area contributed by atoms with Crippen LogP contribution >= 0.6 is 23.2 Å². The van der Waals surface area contributed by atoms with Crippen molar-refractivity contribution < 1.29 is 19.2 Å². The first-order valence-electron chi connectivity index (χ1n) is 8.85. The number of carbonyl (C=O) groups excluding carboxylic acids is 4. The van der Waals surface area contributed by atoms with Gasteiger partial charge >= 0.3 is 0 Å². The Bertz CT molecular complexity index is 1220. The van der Waals surface area contributed by atoms with E-state index in [1.807, 2.05) is 0 Å². The Hall–Kier alpha value is -3.48. The van der Waals surface area contributed by atoms with Crippen LogP contribution in [0.5, 0.6) is 0 Å². The summed E-state index contributed by atoms with van der Waals surface area (Å²) >= 11 is 12.2. The van der Waals surface area contributed by atoms with E-state index in [-0.39, 0.29) is 43.7 Å². The van der Waals surface area contributed by atoms with E-state index in [2.05, 4.69) is 0 Å². The summed E-state index contributed by atoms with van der Waals surface area (Å²) in [6.45, 7) is 0. The van der Waals surface area contributed by atoms with Gasteiger partial charge in [0.05, 0.1) is 43.7 Å². The highest BCUT2D eigenvalue weighted by Crippen LogP contribution is 2.37. The third-order valence-electron chi connectivity index (χ3n) is 5.07. The maximum absolute atomic E-state index is 12.9. The standard InChI is InChI=1S/C22H10Cl2N2O4/c23-15-8-2-6-13-17(15)21(29)25(19(13)27)11-4-1-5-12(10-11)26-20(28)14-7-3-9-16(24)18(14)22(26)30/h1-10H. The highest BCUT2D eigenvalue weighted by atomic mass is 35.5. The summed E-state index contributed by atoms with van der Waals surface area (Å²) in [4.78, 5) is 53.3. The van der Waals surface area contributed by atoms with Crippen LogP contribution in [0.2, 0.25) is 10.0 Å². The average molecular weight is 437 g/mol. The van der Waals surface area contributed by atoms with Crippen molar-refractivity contribution in [1.29, 1.82) is 0 Å². The molecule has 6 nitrogen and oxygen atoms in total. The molecule has 5 rings (SSSR count). The normalized spacial score (nSPS) is 15.1. The predicted octanol–water partition coefficient (Wildman–Crippen LogP) is 4.59. The Kier molecular flexibility index (Phi) is 4.03. The second-order valence-corrected chi connectivity index (χ2v) is 7.55. The lowest BCUT2D eigenvalue weighted by Crippen LogP contribution is -2.31. The minimum absolute atomic E-state index is 0.127. The number of anilines is 2. The number of nitrogens with zero attached hydrogens (tertiary/aromatic N) is 2. The van der Waals surface area contributed by atoms with Crippen molar-refractivity contribution in [2.45, 2.75) is 0 Å². The number of amides is 4. The number of hydrogen-bond acceptors (Lipinski definition) is 4. The van der Waals surface area contributed by atoms with Crippen LogP contribution in [-0.2, 0) is 0 Å². The summed E-state index contributed by atoms with van der Waals surface area (Å²) < 4.78 is 0. The molecule has 0 saturated heterocycles. The molecule has 0 N–H and O–H groups in total. The van der Waals surface area contributed by atoms with Crippen molar-refractivity contribution >= 4 is 58.2 Å². The van der Waals surface area contributed by atoms with Gasteiger partial charge in [-0.2, -0.15) is 0 Å². The van der Waals surface area contributed by atoms with Gasteiger partial charge in [0.25, 0.3) is 23.6 Å². The third-order valence-corrected chi connectivity index (χ3v) is 5.70. The largest absolute Gasteiger partial charge is 0.268 e. The lowest BCUT2D eigenvalue weighted by atomic mass is 10.1. The first-order chi connectivity index (χ1) is 14.4. The highest BCUT2D eigenvalue weighted by molar-refractivity contribution is 6.43. The summed E-state index contributed by atoms with van der Waals surface area (Å²) in [7, 11) is 0. The third kappa shape index (κ3) is 2.44. The average Bonchev–Trinajstić information content (AvgIpc) is 3.14. The Labute approximate surface area is 180 Å². The Morgan fingerprint density at radius 3 is 1.33 bits per heavy atom. The van der Waals surface area contributed by atoms with Gasteiger partial charge in [-0.15, -0.1) is 0 Å². The molecule has 2 heterocycles. The van der Waals surface area contributed by atoms with Gasteiger partial charge in [0.2, 0.25) is 0 Å². The molecule has 0 fully saturated rings. The van der Waals surface area contributed by atoms with Gasteiger partial charge in [-0.05, 0) is 42.5 Å². The van der Waals surface area contributed by atoms with Crippen LogP contribution in [0.25, 0.3) is 0 Å². The van der Waals surface area contributed by atoms with Gasteiger partial charge in [-0.25, -0.2) is 9.80 Å². The predicted molar refractivity (Wildman–Crippen MR) is 112 cm³/mol. The Morgan fingerprint density at radius 1 is 0.533 bits per heavy atom. The van der Waals surface area contributed by atoms with E-state index >= 15 is 0 Å². The number of rotatable bonds is 2. The number of benzene rings is 3. The molecule has 0 unspecified atom stereocenters. The van der Waals surface area contributed by atoms with Gasteiger partial charge in [-0.3, -0.25) is 19.2 Å². The van der Waals surface area contributed by atoms with E-state index in [1.165, 1.54) is 30.3 Å². The summed E-state index contributed by atoms with van der Waals surface area (Å²) in [6, 6.07) is 15.4. The fourth-order valence-corrected chi connectivity index (χ4v) is 4.24. The minimum Gasteiger partial charge on any atom is -0.268 e. The van der Waals surface area contributed by atoms with Crippen LogP contribution in [0, 0.1) is 0 Å². The zero-order chi connectivity index (χ0) is 21.2. The molecule has 30 heavy (non-hydrogen) atoms. The molecule has 0 aromatic heterocycles. The highest BCUT2D eigenvalue weighted by Gasteiger charge is 2.40. The molecule has 146 valence electrons. The van der Waals surface area contributed by atoms with E-state index in [0.29, 0.717) is 0 Å². The molecule has 0 radical (unpaired) electrons. The first-order valence-corrected chi connectivity index (χ1v) is 9.60. The van der Waals surface area contributed by atoms with E-state index in [9.17, 15) is 19.2 Å². The van der Waals surface area contributed by atoms with Crippen molar-refractivity contribution in [2.24, 2.45) is 0 Å². The molecule has 4 amide bonds. The van der Waals surface area contributed by atoms with E-state index in [1.54, 1.807) is 30.3 Å². The molecular weight excluding hydrogens is 427 g/mol. The lowest BCUT2D eigenvalue weighted by Gasteiger charge is -2.18. The molecule has 3 aromatic rings. The molecule has 2 aliphatic rings. The number of halogens is 2. The van der Waals surface area contributed by atoms with Crippen LogP contribution in [0.1, 0.15) is 41.4 Å². The molecule has 0 spiro atoms. The summed E-state index contributed by atoms with van der Waals surface area (Å²) in [6.07, 6.45) is 0. The quantitative estimate of drug-likeness (QED) is 0.550. The Morgan fingerprint density at radius 2 is 0.933 bits per heavy atom. The first kappa shape index (κ1) is 18.5. The zero-order valence-electron chi connectivity index (χ0n) is 15.1. The molecule has 0 atom stereocenters. The van der Waals surface area contributed by atoms with Gasteiger partial charge in [0, 0.05) is 0 Å². The number of carbonyl (C=O) groups is 4. The molecule has 3 aromatic carbocycles. The molecule has 0 bridgehead atoms. The van der Waals surface area contributed by atoms with E-state index in [4.69, 9.17) is 23.2 Å². The smallest absolute Gasteiger partial charge is 0.267 e. The lowest BCUT2D eigenvalue weighted by molar-refractivity contribution is 0.0912. The van der Waals surface area contributed by atoms with Crippen molar-refractivity contribution in [2.75, 3.05) is 9.80 Å². The van der Waals surface area contributed by atoms with Crippen molar-refractivity contribution in [1.82, 2.24) is 0 Å². The van der Waals surface area contributed by atoms with Crippen molar-refractivity contribution in [3.05, 3.63) is 93.0 Å². The summed E-state index contributed by atoms with van der Waals surface area (Å²) in [5.74, 6) is -2.19. The number of imide groups is 2. The van der Waals surface area contributed by atoms with Gasteiger partial charge in [-0.1, -0.05) is 41.4 Å². The fraction of sp³-hybridized carbons (Fsp3) is 0. The van der Waals surface area contributed by atoms with Crippen molar-refractivity contribution in [3.63, 3.8) is 0 Å². The van der Waals surface area contributed by atoms with E-state index < -0.39 is 23.6 Å². The van der Waals surface area contributed by atoms with Gasteiger partial charge in [0.1, 0.15) is 0 Å². The monoisotopic (exact) mass is 436 g/mol. The second kappa shape index (κ2) is 6.52. The molecule has 0 aliphatic carbocycles. The van der Waals surface area contributed by atoms with Crippen molar-refractivity contribution in [3.8, 4) is 0 Å². The Balaban J connectivity index is 1.57. The molecular formula is C22H10Cl2N2O4. The summed E-state index contributed by atoms with van der Waals surface area (Å²) in [5, 5.41) is 0.360. The maximum Gasteiger partial charge on any atom is 0.267 e. The number of hydrogen-bond donors (Lipinski definition) is 0. The van der Waals surface area contributed by atoms with Crippen LogP contribution in [0.15, 0.2) is 60.7 Å². The topological polar surface area (TPSA) is 74.8 Å². The SMILES string of the molecule is O=C1c2cccc(Cl)c2C(=O)N1c1cccc(N2C(=O)c3cccc(Cl)c3C2=O)c1. The molecule has 0 saturated carbocycles. The van der Waals surface area contributed by atoms with Crippen LogP contribution < -0.4 is 9.80 Å². The number of fused-ring (bicyclic) bond motifs is 2. The van der Waals surface area contributed by atoms with Crippen LogP contribution in [0.4, 0.5) is 11.4 Å². The minimum atomic E-state index is -0.567. The van der Waals surface area contributed by atoms with Crippen LogP contribution in [-0.4, -0.2) is 23.6 Å². The molecule has 2 aliphatic heterocycles.